The molecule has 86 valence electrons. The first kappa shape index (κ1) is 11.9. The fraction of sp³-hybridized carbons (Fsp3) is 0.333. The Hall–Kier alpha value is -2.18. The highest BCUT2D eigenvalue weighted by Gasteiger charge is 2.34. The summed E-state index contributed by atoms with van der Waals surface area (Å²) in [6.45, 7) is 3.12. The lowest BCUT2D eigenvalue weighted by Gasteiger charge is -2.12. The summed E-state index contributed by atoms with van der Waals surface area (Å²) in [4.78, 5) is 48.6. The summed E-state index contributed by atoms with van der Waals surface area (Å²) in [6.07, 6.45) is -0.0341. The molecule has 1 rings (SSSR count). The molecule has 0 aromatic rings. The SMILES string of the molecule is C=C(C(=O)OC)C(=O)ON1C(=O)CCC1=O. The van der Waals surface area contributed by atoms with Crippen molar-refractivity contribution in [3.8, 4) is 0 Å². The fourth-order valence-corrected chi connectivity index (χ4v) is 1.00. The van der Waals surface area contributed by atoms with E-state index in [0.29, 0.717) is 5.06 Å². The van der Waals surface area contributed by atoms with Gasteiger partial charge in [0.05, 0.1) is 7.11 Å². The van der Waals surface area contributed by atoms with Crippen LogP contribution < -0.4 is 0 Å². The number of methoxy groups -OCH3 is 1. The van der Waals surface area contributed by atoms with Crippen molar-refractivity contribution in [3.63, 3.8) is 0 Å². The van der Waals surface area contributed by atoms with Gasteiger partial charge in [0.25, 0.3) is 11.8 Å². The van der Waals surface area contributed by atoms with E-state index in [2.05, 4.69) is 16.2 Å². The first-order chi connectivity index (χ1) is 7.47. The number of imide groups is 1. The number of amides is 2. The first-order valence-electron chi connectivity index (χ1n) is 4.32. The van der Waals surface area contributed by atoms with E-state index in [0.717, 1.165) is 7.11 Å². The van der Waals surface area contributed by atoms with Crippen LogP contribution in [0.4, 0.5) is 0 Å². The zero-order valence-electron chi connectivity index (χ0n) is 8.52. The van der Waals surface area contributed by atoms with E-state index in [4.69, 9.17) is 0 Å². The van der Waals surface area contributed by atoms with Crippen molar-refractivity contribution in [2.24, 2.45) is 0 Å². The maximum Gasteiger partial charge on any atom is 0.370 e. The number of nitrogens with zero attached hydrogens (tertiary/aromatic N) is 1. The van der Waals surface area contributed by atoms with Crippen molar-refractivity contribution in [1.82, 2.24) is 5.06 Å². The fourth-order valence-electron chi connectivity index (χ4n) is 1.00. The van der Waals surface area contributed by atoms with E-state index >= 15 is 0 Å². The highest BCUT2D eigenvalue weighted by atomic mass is 16.7. The summed E-state index contributed by atoms with van der Waals surface area (Å²) < 4.78 is 4.22. The molecule has 2 amide bonds. The summed E-state index contributed by atoms with van der Waals surface area (Å²) in [5.74, 6) is -3.42. The van der Waals surface area contributed by atoms with Gasteiger partial charge in [-0.2, -0.15) is 0 Å². The van der Waals surface area contributed by atoms with E-state index in [1.54, 1.807) is 0 Å². The molecule has 0 atom stereocenters. The molecular weight excluding hydrogens is 218 g/mol. The predicted molar refractivity (Wildman–Crippen MR) is 48.3 cm³/mol. The van der Waals surface area contributed by atoms with Gasteiger partial charge in [0, 0.05) is 12.8 Å². The molecule has 0 saturated carbocycles. The summed E-state index contributed by atoms with van der Waals surface area (Å²) in [7, 11) is 1.06. The van der Waals surface area contributed by atoms with Gasteiger partial charge in [-0.1, -0.05) is 6.58 Å². The van der Waals surface area contributed by atoms with Crippen molar-refractivity contribution in [2.45, 2.75) is 12.8 Å². The maximum atomic E-state index is 11.2. The summed E-state index contributed by atoms with van der Waals surface area (Å²) in [5.41, 5.74) is -0.588. The summed E-state index contributed by atoms with van der Waals surface area (Å²) >= 11 is 0. The van der Waals surface area contributed by atoms with E-state index in [1.165, 1.54) is 0 Å². The minimum absolute atomic E-state index is 0.0170. The third kappa shape index (κ3) is 2.25. The smallest absolute Gasteiger partial charge is 0.370 e. The van der Waals surface area contributed by atoms with Crippen molar-refractivity contribution in [2.75, 3.05) is 7.11 Å². The van der Waals surface area contributed by atoms with Crippen LogP contribution >= 0.6 is 0 Å². The summed E-state index contributed by atoms with van der Waals surface area (Å²) in [6, 6.07) is 0. The molecule has 1 aliphatic heterocycles. The standard InChI is InChI=1S/C9H9NO6/c1-5(8(13)15-2)9(14)16-10-6(11)3-4-7(10)12/h1,3-4H2,2H3. The molecule has 1 saturated heterocycles. The number of carbonyl (C=O) groups is 4. The molecule has 7 heteroatoms. The molecule has 0 radical (unpaired) electrons. The van der Waals surface area contributed by atoms with Crippen LogP contribution in [0.15, 0.2) is 12.2 Å². The topological polar surface area (TPSA) is 90.0 Å². The molecule has 0 bridgehead atoms. The largest absolute Gasteiger partial charge is 0.465 e. The van der Waals surface area contributed by atoms with Crippen molar-refractivity contribution in [1.29, 1.82) is 0 Å². The van der Waals surface area contributed by atoms with E-state index in [1.807, 2.05) is 0 Å². The highest BCUT2D eigenvalue weighted by Crippen LogP contribution is 2.13. The first-order valence-corrected chi connectivity index (χ1v) is 4.32. The third-order valence-corrected chi connectivity index (χ3v) is 1.86. The molecular formula is C9H9NO6. The number of hydroxylamine groups is 2. The number of hydrogen-bond donors (Lipinski definition) is 0. The Morgan fingerprint density at radius 2 is 1.69 bits per heavy atom. The van der Waals surface area contributed by atoms with Crippen LogP contribution in [0.2, 0.25) is 0 Å². The minimum Gasteiger partial charge on any atom is -0.465 e. The van der Waals surface area contributed by atoms with Gasteiger partial charge in [0.15, 0.2) is 0 Å². The lowest BCUT2D eigenvalue weighted by Crippen LogP contribution is -2.33. The Morgan fingerprint density at radius 1 is 1.19 bits per heavy atom. The quantitative estimate of drug-likeness (QED) is 0.209. The number of hydrogen-bond acceptors (Lipinski definition) is 6. The number of esters is 1. The van der Waals surface area contributed by atoms with Crippen LogP contribution in [0.5, 0.6) is 0 Å². The van der Waals surface area contributed by atoms with Crippen LogP contribution in [-0.2, 0) is 28.8 Å². The molecule has 0 aromatic carbocycles. The van der Waals surface area contributed by atoms with E-state index < -0.39 is 29.3 Å². The van der Waals surface area contributed by atoms with Crippen LogP contribution in [-0.4, -0.2) is 35.9 Å². The average Bonchev–Trinajstić information content (AvgIpc) is 2.58. The van der Waals surface area contributed by atoms with Gasteiger partial charge < -0.3 is 9.57 Å². The zero-order chi connectivity index (χ0) is 12.3. The van der Waals surface area contributed by atoms with Gasteiger partial charge in [0.2, 0.25) is 0 Å². The second kappa shape index (κ2) is 4.56. The third-order valence-electron chi connectivity index (χ3n) is 1.86. The molecule has 0 spiro atoms. The Bertz CT molecular complexity index is 369. The van der Waals surface area contributed by atoms with Crippen LogP contribution in [0.25, 0.3) is 0 Å². The molecule has 1 aliphatic rings. The lowest BCUT2D eigenvalue weighted by atomic mass is 10.3. The van der Waals surface area contributed by atoms with Gasteiger partial charge >= 0.3 is 11.9 Å². The van der Waals surface area contributed by atoms with Gasteiger partial charge in [0.1, 0.15) is 5.57 Å². The highest BCUT2D eigenvalue weighted by molar-refractivity contribution is 6.14. The average molecular weight is 227 g/mol. The molecule has 16 heavy (non-hydrogen) atoms. The number of rotatable bonds is 3. The monoisotopic (exact) mass is 227 g/mol. The van der Waals surface area contributed by atoms with Gasteiger partial charge in [-0.15, -0.1) is 5.06 Å². The molecule has 0 N–H and O–H groups in total. The molecule has 7 nitrogen and oxygen atoms in total. The lowest BCUT2D eigenvalue weighted by molar-refractivity contribution is -0.195. The van der Waals surface area contributed by atoms with Gasteiger partial charge in [-0.3, -0.25) is 9.59 Å². The molecule has 0 aromatic heterocycles. The molecule has 1 heterocycles. The van der Waals surface area contributed by atoms with E-state index in [9.17, 15) is 19.2 Å². The molecule has 1 fully saturated rings. The Kier molecular flexibility index (Phi) is 3.39. The van der Waals surface area contributed by atoms with Crippen molar-refractivity contribution < 1.29 is 28.8 Å². The summed E-state index contributed by atoms with van der Waals surface area (Å²) in [5, 5.41) is 0.330. The van der Waals surface area contributed by atoms with Gasteiger partial charge in [-0.25, -0.2) is 9.59 Å². The minimum atomic E-state index is -1.18. The van der Waals surface area contributed by atoms with Gasteiger partial charge in [-0.05, 0) is 0 Å². The zero-order valence-corrected chi connectivity index (χ0v) is 8.52. The van der Waals surface area contributed by atoms with E-state index in [-0.39, 0.29) is 12.8 Å². The van der Waals surface area contributed by atoms with Crippen LogP contribution in [0.1, 0.15) is 12.8 Å². The Balaban J connectivity index is 2.64. The maximum absolute atomic E-state index is 11.2. The van der Waals surface area contributed by atoms with Crippen LogP contribution in [0, 0.1) is 0 Å². The second-order valence-corrected chi connectivity index (χ2v) is 2.93. The van der Waals surface area contributed by atoms with Crippen molar-refractivity contribution >= 4 is 23.8 Å². The second-order valence-electron chi connectivity index (χ2n) is 2.93. The Labute approximate surface area is 90.6 Å². The number of ether oxygens (including phenoxy) is 1. The predicted octanol–water partition coefficient (Wildman–Crippen LogP) is -0.677. The molecule has 0 unspecified atom stereocenters. The molecule has 0 aliphatic carbocycles. The number of carbonyl (C=O) groups excluding carboxylic acids is 4. The normalized spacial score (nSPS) is 14.9. The van der Waals surface area contributed by atoms with Crippen LogP contribution in [0.3, 0.4) is 0 Å². The van der Waals surface area contributed by atoms with Crippen molar-refractivity contribution in [3.05, 3.63) is 12.2 Å². The Morgan fingerprint density at radius 3 is 2.12 bits per heavy atom.